The minimum absolute atomic E-state index is 0.205. The molecule has 0 saturated heterocycles. The molecule has 24 heavy (non-hydrogen) atoms. The number of thiophene rings is 1. The molecular weight excluding hydrogens is 392 g/mol. The number of rotatable bonds is 3. The molecule has 2 aromatic heterocycles. The lowest BCUT2D eigenvalue weighted by Gasteiger charge is -2.12. The molecule has 1 atom stereocenters. The highest BCUT2D eigenvalue weighted by molar-refractivity contribution is 9.10. The van der Waals surface area contributed by atoms with Gasteiger partial charge in [0.2, 0.25) is 0 Å². The summed E-state index contributed by atoms with van der Waals surface area (Å²) in [5, 5.41) is 0.604. The van der Waals surface area contributed by atoms with Crippen molar-refractivity contribution < 1.29 is 9.53 Å². The van der Waals surface area contributed by atoms with Gasteiger partial charge in [0.05, 0.1) is 10.9 Å². The number of H-pyrrole nitrogens is 1. The molecule has 0 aliphatic heterocycles. The number of esters is 1. The maximum Gasteiger partial charge on any atom is 0.338 e. The third-order valence-electron chi connectivity index (χ3n) is 3.81. The van der Waals surface area contributed by atoms with Gasteiger partial charge in [-0.25, -0.2) is 9.78 Å². The van der Waals surface area contributed by atoms with Crippen molar-refractivity contribution in [3.63, 3.8) is 0 Å². The normalized spacial score (nSPS) is 12.3. The fraction of sp³-hybridized carbons (Fsp3) is 0.235. The number of fused-ring (bicyclic) bond motifs is 1. The predicted octanol–water partition coefficient (Wildman–Crippen LogP) is 4.28. The van der Waals surface area contributed by atoms with Crippen molar-refractivity contribution in [2.45, 2.75) is 26.9 Å². The van der Waals surface area contributed by atoms with E-state index in [2.05, 4.69) is 25.9 Å². The molecule has 1 N–H and O–H groups in total. The largest absolute Gasteiger partial charge is 0.451 e. The lowest BCUT2D eigenvalue weighted by atomic mass is 10.2. The van der Waals surface area contributed by atoms with Crippen LogP contribution in [0.3, 0.4) is 0 Å². The molecule has 7 heteroatoms. The molecule has 0 unspecified atom stereocenters. The summed E-state index contributed by atoms with van der Waals surface area (Å²) in [6.45, 7) is 5.55. The predicted molar refractivity (Wildman–Crippen MR) is 97.7 cm³/mol. The van der Waals surface area contributed by atoms with E-state index in [1.54, 1.807) is 31.2 Å². The van der Waals surface area contributed by atoms with Gasteiger partial charge in [-0.15, -0.1) is 11.3 Å². The Hall–Kier alpha value is -1.99. The molecule has 0 fully saturated rings. The minimum Gasteiger partial charge on any atom is -0.451 e. The maximum absolute atomic E-state index is 12.3. The van der Waals surface area contributed by atoms with Crippen LogP contribution in [-0.2, 0) is 4.74 Å². The molecule has 0 spiro atoms. The van der Waals surface area contributed by atoms with Gasteiger partial charge in [0, 0.05) is 9.35 Å². The molecule has 2 heterocycles. The van der Waals surface area contributed by atoms with Gasteiger partial charge in [-0.1, -0.05) is 15.9 Å². The van der Waals surface area contributed by atoms with Crippen molar-refractivity contribution in [1.82, 2.24) is 9.97 Å². The average Bonchev–Trinajstić information content (AvgIpc) is 2.82. The molecule has 0 bridgehead atoms. The van der Waals surface area contributed by atoms with Crippen molar-refractivity contribution in [2.75, 3.05) is 0 Å². The minimum atomic E-state index is -0.652. The van der Waals surface area contributed by atoms with Gasteiger partial charge in [-0.2, -0.15) is 0 Å². The standard InChI is InChI=1S/C17H15BrN2O3S/c1-8-10(3)24-16-13(8)15(21)19-14(20-16)9(2)23-17(22)11-4-6-12(18)7-5-11/h4-7,9H,1-3H3,(H,19,20,21)/t9-/m1/s1. The second-order valence-corrected chi connectivity index (χ2v) is 7.59. The Kier molecular flexibility index (Phi) is 4.56. The lowest BCUT2D eigenvalue weighted by molar-refractivity contribution is 0.0320. The Balaban J connectivity index is 1.88. The summed E-state index contributed by atoms with van der Waals surface area (Å²) in [4.78, 5) is 33.4. The third-order valence-corrected chi connectivity index (χ3v) is 5.44. The van der Waals surface area contributed by atoms with E-state index in [1.807, 2.05) is 13.8 Å². The van der Waals surface area contributed by atoms with Crippen LogP contribution in [0.5, 0.6) is 0 Å². The van der Waals surface area contributed by atoms with Gasteiger partial charge >= 0.3 is 5.97 Å². The molecule has 0 aliphatic rings. The van der Waals surface area contributed by atoms with Gasteiger partial charge in [0.25, 0.3) is 5.56 Å². The van der Waals surface area contributed by atoms with Crippen LogP contribution in [0.25, 0.3) is 10.2 Å². The Morgan fingerprint density at radius 1 is 1.29 bits per heavy atom. The van der Waals surface area contributed by atoms with E-state index >= 15 is 0 Å². The maximum atomic E-state index is 12.3. The summed E-state index contributed by atoms with van der Waals surface area (Å²) >= 11 is 4.78. The fourth-order valence-corrected chi connectivity index (χ4v) is 3.64. The Bertz CT molecular complexity index is 976. The highest BCUT2D eigenvalue weighted by Crippen LogP contribution is 2.27. The van der Waals surface area contributed by atoms with Gasteiger partial charge in [-0.3, -0.25) is 4.79 Å². The van der Waals surface area contributed by atoms with E-state index < -0.39 is 12.1 Å². The molecule has 0 amide bonds. The number of nitrogens with one attached hydrogen (secondary N) is 1. The van der Waals surface area contributed by atoms with E-state index in [0.29, 0.717) is 21.6 Å². The van der Waals surface area contributed by atoms with Crippen LogP contribution in [0.4, 0.5) is 0 Å². The first-order valence-corrected chi connectivity index (χ1v) is 8.94. The third kappa shape index (κ3) is 3.14. The number of halogens is 1. The summed E-state index contributed by atoms with van der Waals surface area (Å²) < 4.78 is 6.30. The molecule has 3 aromatic rings. The molecule has 124 valence electrons. The van der Waals surface area contributed by atoms with Gasteiger partial charge in [0.15, 0.2) is 11.9 Å². The lowest BCUT2D eigenvalue weighted by Crippen LogP contribution is -2.17. The number of aromatic nitrogens is 2. The molecule has 3 rings (SSSR count). The molecule has 0 saturated carbocycles. The highest BCUT2D eigenvalue weighted by Gasteiger charge is 2.19. The van der Waals surface area contributed by atoms with E-state index in [4.69, 9.17) is 4.74 Å². The van der Waals surface area contributed by atoms with Crippen LogP contribution in [0.2, 0.25) is 0 Å². The SMILES string of the molecule is Cc1sc2nc([C@@H](C)OC(=O)c3ccc(Br)cc3)[nH]c(=O)c2c1C. The van der Waals surface area contributed by atoms with Crippen molar-refractivity contribution >= 4 is 43.5 Å². The van der Waals surface area contributed by atoms with Crippen LogP contribution in [-0.4, -0.2) is 15.9 Å². The topological polar surface area (TPSA) is 72.0 Å². The second kappa shape index (κ2) is 6.49. The summed E-state index contributed by atoms with van der Waals surface area (Å²) in [6, 6.07) is 6.88. The Morgan fingerprint density at radius 3 is 2.62 bits per heavy atom. The zero-order chi connectivity index (χ0) is 17.4. The summed E-state index contributed by atoms with van der Waals surface area (Å²) in [5.74, 6) is -0.115. The fourth-order valence-electron chi connectivity index (χ4n) is 2.33. The van der Waals surface area contributed by atoms with E-state index in [0.717, 1.165) is 14.9 Å². The number of benzene rings is 1. The summed E-state index contributed by atoms with van der Waals surface area (Å²) in [6.07, 6.45) is -0.652. The number of hydrogen-bond acceptors (Lipinski definition) is 5. The first-order valence-electron chi connectivity index (χ1n) is 7.33. The Labute approximate surface area is 150 Å². The smallest absolute Gasteiger partial charge is 0.338 e. The van der Waals surface area contributed by atoms with Gasteiger partial charge in [-0.05, 0) is 50.6 Å². The van der Waals surface area contributed by atoms with Gasteiger partial charge < -0.3 is 9.72 Å². The molecule has 5 nitrogen and oxygen atoms in total. The van der Waals surface area contributed by atoms with E-state index in [9.17, 15) is 9.59 Å². The average molecular weight is 407 g/mol. The van der Waals surface area contributed by atoms with E-state index in [-0.39, 0.29) is 5.56 Å². The number of hydrogen-bond donors (Lipinski definition) is 1. The summed E-state index contributed by atoms with van der Waals surface area (Å²) in [7, 11) is 0. The van der Waals surface area contributed by atoms with Crippen molar-refractivity contribution in [2.24, 2.45) is 0 Å². The van der Waals surface area contributed by atoms with E-state index in [1.165, 1.54) is 11.3 Å². The van der Waals surface area contributed by atoms with Crippen LogP contribution >= 0.6 is 27.3 Å². The van der Waals surface area contributed by atoms with Crippen LogP contribution in [0.1, 0.15) is 39.7 Å². The first kappa shape index (κ1) is 16.9. The van der Waals surface area contributed by atoms with Crippen LogP contribution in [0.15, 0.2) is 33.5 Å². The number of carbonyl (C=O) groups is 1. The van der Waals surface area contributed by atoms with Crippen molar-refractivity contribution in [1.29, 1.82) is 0 Å². The van der Waals surface area contributed by atoms with Crippen molar-refractivity contribution in [3.8, 4) is 0 Å². The zero-order valence-electron chi connectivity index (χ0n) is 13.3. The number of carbonyl (C=O) groups excluding carboxylic acids is 1. The number of ether oxygens (including phenoxy) is 1. The quantitative estimate of drug-likeness (QED) is 0.658. The number of aryl methyl sites for hydroxylation is 2. The molecule has 1 aromatic carbocycles. The number of aromatic amines is 1. The second-order valence-electron chi connectivity index (χ2n) is 5.47. The van der Waals surface area contributed by atoms with Gasteiger partial charge in [0.1, 0.15) is 4.83 Å². The molecular formula is C17H15BrN2O3S. The molecule has 0 aliphatic carbocycles. The first-order chi connectivity index (χ1) is 11.4. The summed E-state index contributed by atoms with van der Waals surface area (Å²) in [5.41, 5.74) is 1.18. The zero-order valence-corrected chi connectivity index (χ0v) is 15.7. The van der Waals surface area contributed by atoms with Crippen LogP contribution < -0.4 is 5.56 Å². The monoisotopic (exact) mass is 406 g/mol. The van der Waals surface area contributed by atoms with Crippen molar-refractivity contribution in [3.05, 3.63) is 60.9 Å². The molecule has 0 radical (unpaired) electrons. The Morgan fingerprint density at radius 2 is 1.96 bits per heavy atom. The highest BCUT2D eigenvalue weighted by atomic mass is 79.9. The van der Waals surface area contributed by atoms with Crippen LogP contribution in [0, 0.1) is 13.8 Å². The number of nitrogens with zero attached hydrogens (tertiary/aromatic N) is 1.